The van der Waals surface area contributed by atoms with Crippen LogP contribution in [0.4, 0.5) is 13.2 Å². The minimum absolute atomic E-state index is 0.0775. The van der Waals surface area contributed by atoms with E-state index in [4.69, 9.17) is 16.7 Å². The Labute approximate surface area is 199 Å². The minimum Gasteiger partial charge on any atom is -0.347 e. The van der Waals surface area contributed by atoms with E-state index in [1.165, 1.54) is 18.2 Å². The number of rotatable bonds is 6. The number of carbonyl (C=O) groups excluding carboxylic acids is 2. The molecule has 34 heavy (non-hydrogen) atoms. The van der Waals surface area contributed by atoms with Crippen molar-refractivity contribution in [2.75, 3.05) is 6.54 Å². The molecule has 4 rings (SSSR count). The lowest BCUT2D eigenvalue weighted by molar-refractivity contribution is -0.125. The van der Waals surface area contributed by atoms with Crippen LogP contribution in [0, 0.1) is 17.6 Å². The average Bonchev–Trinajstić information content (AvgIpc) is 3.54. The van der Waals surface area contributed by atoms with E-state index in [1.54, 1.807) is 0 Å². The first-order valence-electron chi connectivity index (χ1n) is 10.5. The molecule has 3 atom stereocenters. The second-order valence-electron chi connectivity index (χ2n) is 8.49. The maximum absolute atomic E-state index is 14.5. The van der Waals surface area contributed by atoms with E-state index in [2.05, 4.69) is 5.32 Å². The van der Waals surface area contributed by atoms with Gasteiger partial charge in [0.2, 0.25) is 15.9 Å². The van der Waals surface area contributed by atoms with Crippen LogP contribution in [0.5, 0.6) is 0 Å². The third-order valence-corrected chi connectivity index (χ3v) is 7.19. The Morgan fingerprint density at radius 1 is 1.15 bits per heavy atom. The summed E-state index contributed by atoms with van der Waals surface area (Å²) in [6.45, 7) is -0.380. The molecule has 1 heterocycles. The van der Waals surface area contributed by atoms with E-state index in [0.717, 1.165) is 23.1 Å². The van der Waals surface area contributed by atoms with Crippen molar-refractivity contribution >= 4 is 33.4 Å². The van der Waals surface area contributed by atoms with Crippen LogP contribution in [-0.4, -0.2) is 43.9 Å². The van der Waals surface area contributed by atoms with Crippen molar-refractivity contribution in [1.82, 2.24) is 10.2 Å². The van der Waals surface area contributed by atoms with Crippen LogP contribution in [0.25, 0.3) is 0 Å². The highest BCUT2D eigenvalue weighted by Crippen LogP contribution is 2.42. The van der Waals surface area contributed by atoms with Crippen molar-refractivity contribution in [1.29, 1.82) is 0 Å². The second-order valence-corrected chi connectivity index (χ2v) is 10.5. The topological polar surface area (TPSA) is 110 Å². The first kappa shape index (κ1) is 24.5. The molecule has 1 aliphatic carbocycles. The molecule has 3 N–H and O–H groups in total. The molecule has 0 spiro atoms. The van der Waals surface area contributed by atoms with Crippen LogP contribution in [0.1, 0.15) is 41.2 Å². The zero-order valence-electron chi connectivity index (χ0n) is 17.7. The predicted molar refractivity (Wildman–Crippen MR) is 117 cm³/mol. The van der Waals surface area contributed by atoms with Crippen molar-refractivity contribution in [3.05, 3.63) is 64.2 Å². The van der Waals surface area contributed by atoms with Gasteiger partial charge in [0.25, 0.3) is 5.91 Å². The van der Waals surface area contributed by atoms with Gasteiger partial charge in [-0.05, 0) is 49.1 Å². The van der Waals surface area contributed by atoms with Crippen LogP contribution >= 0.6 is 11.6 Å². The molecule has 0 bridgehead atoms. The number of likely N-dealkylation sites (tertiary alicyclic amines) is 1. The molecule has 0 unspecified atom stereocenters. The second kappa shape index (κ2) is 9.20. The summed E-state index contributed by atoms with van der Waals surface area (Å²) < 4.78 is 66.1. The molecule has 0 aromatic heterocycles. The molecule has 2 amide bonds. The van der Waals surface area contributed by atoms with Gasteiger partial charge in [0.15, 0.2) is 0 Å². The molecule has 1 aliphatic heterocycles. The van der Waals surface area contributed by atoms with Crippen LogP contribution in [0.15, 0.2) is 41.3 Å². The average molecular weight is 516 g/mol. The lowest BCUT2D eigenvalue weighted by Gasteiger charge is -2.27. The van der Waals surface area contributed by atoms with Crippen molar-refractivity contribution < 1.29 is 31.2 Å². The number of hydrogen-bond donors (Lipinski definition) is 2. The molecule has 1 saturated heterocycles. The first-order valence-corrected chi connectivity index (χ1v) is 12.4. The Balaban J connectivity index is 1.58. The smallest absolute Gasteiger partial charge is 0.254 e. The summed E-state index contributed by atoms with van der Waals surface area (Å²) in [5, 5.41) is 7.37. The van der Waals surface area contributed by atoms with Gasteiger partial charge in [-0.3, -0.25) is 9.59 Å². The fourth-order valence-corrected chi connectivity index (χ4v) is 4.84. The number of amides is 2. The molecule has 2 aliphatic rings. The highest BCUT2D eigenvalue weighted by atomic mass is 35.5. The van der Waals surface area contributed by atoms with E-state index in [9.17, 15) is 31.2 Å². The fraction of sp³-hybridized carbons (Fsp3) is 0.364. The van der Waals surface area contributed by atoms with Gasteiger partial charge in [-0.2, -0.15) is 0 Å². The summed E-state index contributed by atoms with van der Waals surface area (Å²) in [5.41, 5.74) is -0.158. The molecule has 7 nitrogen and oxygen atoms in total. The van der Waals surface area contributed by atoms with E-state index in [0.29, 0.717) is 12.8 Å². The highest BCUT2D eigenvalue weighted by molar-refractivity contribution is 7.89. The first-order chi connectivity index (χ1) is 16.0. The number of nitrogens with two attached hydrogens (primary N) is 1. The Bertz CT molecular complexity index is 1260. The Hall–Kier alpha value is -2.63. The number of alkyl halides is 1. The van der Waals surface area contributed by atoms with Crippen LogP contribution in [-0.2, 0) is 14.8 Å². The lowest BCUT2D eigenvalue weighted by atomic mass is 10.0. The summed E-state index contributed by atoms with van der Waals surface area (Å²) in [7, 11) is -4.08. The predicted octanol–water partition coefficient (Wildman–Crippen LogP) is 3.09. The number of primary sulfonamides is 1. The van der Waals surface area contributed by atoms with Crippen molar-refractivity contribution in [2.24, 2.45) is 11.1 Å². The Kier molecular flexibility index (Phi) is 6.63. The number of hydrogen-bond acceptors (Lipinski definition) is 4. The summed E-state index contributed by atoms with van der Waals surface area (Å²) in [5.74, 6) is -3.24. The van der Waals surface area contributed by atoms with Gasteiger partial charge in [0.05, 0.1) is 22.5 Å². The molecule has 12 heteroatoms. The summed E-state index contributed by atoms with van der Waals surface area (Å²) >= 11 is 5.63. The molecular weight excluding hydrogens is 495 g/mol. The number of benzene rings is 2. The Morgan fingerprint density at radius 3 is 2.50 bits per heavy atom. The normalized spacial score (nSPS) is 21.4. The largest absolute Gasteiger partial charge is 0.347 e. The van der Waals surface area contributed by atoms with Gasteiger partial charge in [-0.15, -0.1) is 0 Å². The molecule has 2 aromatic carbocycles. The van der Waals surface area contributed by atoms with Crippen molar-refractivity contribution in [3.8, 4) is 0 Å². The zero-order valence-corrected chi connectivity index (χ0v) is 19.3. The number of nitrogens with one attached hydrogen (secondary N) is 1. The van der Waals surface area contributed by atoms with Crippen LogP contribution < -0.4 is 10.5 Å². The quantitative estimate of drug-likeness (QED) is 0.576. The van der Waals surface area contributed by atoms with E-state index in [1.807, 2.05) is 0 Å². The molecule has 182 valence electrons. The van der Waals surface area contributed by atoms with Crippen LogP contribution in [0.2, 0.25) is 5.02 Å². The highest BCUT2D eigenvalue weighted by Gasteiger charge is 2.43. The SMILES string of the molecule is NS(=O)(=O)c1cccc(C(=O)N2C[C@@H](F)C[C@@H]2C(=O)N[C@@H](c2cc(F)c(Cl)cc2F)C2CC2)c1. The maximum Gasteiger partial charge on any atom is 0.254 e. The minimum atomic E-state index is -4.08. The molecule has 2 fully saturated rings. The third kappa shape index (κ3) is 5.06. The van der Waals surface area contributed by atoms with Gasteiger partial charge < -0.3 is 10.2 Å². The van der Waals surface area contributed by atoms with E-state index in [-0.39, 0.29) is 34.9 Å². The standard InChI is InChI=1S/C22H21ClF3N3O4S/c23-16-9-17(25)15(8-18(16)26)20(11-4-5-11)28-21(30)19-7-13(24)10-29(19)22(31)12-2-1-3-14(6-12)34(27,32)33/h1-3,6,8-9,11,13,19-20H,4-5,7,10H2,(H,28,30)(H2,27,32,33)/t13-,19+,20+/m0/s1. The number of halogens is 4. The maximum atomic E-state index is 14.5. The van der Waals surface area contributed by atoms with Crippen LogP contribution in [0.3, 0.4) is 0 Å². The van der Waals surface area contributed by atoms with Gasteiger partial charge in [-0.1, -0.05) is 17.7 Å². The zero-order chi connectivity index (χ0) is 24.8. The van der Waals surface area contributed by atoms with Gasteiger partial charge in [0.1, 0.15) is 23.8 Å². The molecule has 1 saturated carbocycles. The van der Waals surface area contributed by atoms with Gasteiger partial charge in [0, 0.05) is 17.5 Å². The van der Waals surface area contributed by atoms with Gasteiger partial charge >= 0.3 is 0 Å². The van der Waals surface area contributed by atoms with E-state index < -0.39 is 56.8 Å². The summed E-state index contributed by atoms with van der Waals surface area (Å²) in [6.07, 6.45) is -0.436. The van der Waals surface area contributed by atoms with Gasteiger partial charge in [-0.25, -0.2) is 26.7 Å². The lowest BCUT2D eigenvalue weighted by Crippen LogP contribution is -2.47. The molecular formula is C22H21ClF3N3O4S. The third-order valence-electron chi connectivity index (χ3n) is 5.99. The Morgan fingerprint density at radius 2 is 1.85 bits per heavy atom. The van der Waals surface area contributed by atoms with Crippen molar-refractivity contribution in [2.45, 2.75) is 42.4 Å². The van der Waals surface area contributed by atoms with Crippen molar-refractivity contribution in [3.63, 3.8) is 0 Å². The number of sulfonamides is 1. The fourth-order valence-electron chi connectivity index (χ4n) is 4.13. The summed E-state index contributed by atoms with van der Waals surface area (Å²) in [4.78, 5) is 26.9. The van der Waals surface area contributed by atoms with E-state index >= 15 is 0 Å². The molecule has 2 aromatic rings. The number of carbonyl (C=O) groups is 2. The summed E-state index contributed by atoms with van der Waals surface area (Å²) in [6, 6.07) is 4.56. The number of nitrogens with zero attached hydrogens (tertiary/aromatic N) is 1. The monoisotopic (exact) mass is 515 g/mol. The molecule has 0 radical (unpaired) electrons.